The average molecular weight is 643 g/mol. The molecule has 5 rings (SSSR count). The molecule has 2 amide bonds. The number of amidine groups is 1. The Morgan fingerprint density at radius 2 is 1.85 bits per heavy atom. The van der Waals surface area contributed by atoms with Crippen molar-refractivity contribution in [1.29, 1.82) is 0 Å². The van der Waals surface area contributed by atoms with Gasteiger partial charge in [0.05, 0.1) is 20.3 Å². The molecule has 2 fully saturated rings. The van der Waals surface area contributed by atoms with E-state index in [4.69, 9.17) is 25.2 Å². The van der Waals surface area contributed by atoms with E-state index in [1.165, 1.54) is 13.2 Å². The molecule has 13 heteroatoms. The second kappa shape index (κ2) is 15.3. The summed E-state index contributed by atoms with van der Waals surface area (Å²) in [7, 11) is 1.49. The lowest BCUT2D eigenvalue weighted by atomic mass is 9.94. The van der Waals surface area contributed by atoms with Crippen molar-refractivity contribution in [1.82, 2.24) is 15.2 Å². The van der Waals surface area contributed by atoms with E-state index in [2.05, 4.69) is 32.3 Å². The third-order valence-electron chi connectivity index (χ3n) is 7.98. The maximum atomic E-state index is 13.8. The lowest BCUT2D eigenvalue weighted by Gasteiger charge is -2.26. The van der Waals surface area contributed by atoms with Crippen LogP contribution in [0.1, 0.15) is 55.3 Å². The number of nitrogens with two attached hydrogens (primary N) is 1. The highest BCUT2D eigenvalue weighted by Crippen LogP contribution is 2.35. The Bertz CT molecular complexity index is 1660. The zero-order valence-electron chi connectivity index (χ0n) is 26.2. The smallest absolute Gasteiger partial charge is 0.357 e. The lowest BCUT2D eigenvalue weighted by molar-refractivity contribution is 0.0193. The van der Waals surface area contributed by atoms with Gasteiger partial charge >= 0.3 is 5.97 Å². The van der Waals surface area contributed by atoms with Gasteiger partial charge in [0.2, 0.25) is 0 Å². The van der Waals surface area contributed by atoms with Gasteiger partial charge < -0.3 is 35.8 Å². The standard InChI is InChI=1S/C34H38N6O7/c1-3-22-18-27(32(41)37-24-8-6-23(7-9-24)31(35)39-44)26(19-29(22)45-2)25-10-11-28(33(42)36-20-21-4-5-21)38-30(25)34(43)47-17-14-40-12-15-46-16-13-40/h3,6-11,18-19,21,44H,1,4-5,12-17,20H2,2H3,(H2,35,39)(H,36,42)(H,37,41). The van der Waals surface area contributed by atoms with E-state index in [1.54, 1.807) is 48.5 Å². The Labute approximate surface area is 272 Å². The van der Waals surface area contributed by atoms with Crippen LogP contribution in [0.2, 0.25) is 0 Å². The summed E-state index contributed by atoms with van der Waals surface area (Å²) in [6, 6.07) is 12.7. The van der Waals surface area contributed by atoms with Crippen LogP contribution in [-0.2, 0) is 9.47 Å². The van der Waals surface area contributed by atoms with Gasteiger partial charge in [0.1, 0.15) is 18.1 Å². The van der Waals surface area contributed by atoms with Crippen LogP contribution < -0.4 is 21.1 Å². The van der Waals surface area contributed by atoms with Gasteiger partial charge in [-0.15, -0.1) is 0 Å². The molecule has 0 unspecified atom stereocenters. The normalized spacial score (nSPS) is 15.0. The van der Waals surface area contributed by atoms with Gasteiger partial charge in [-0.25, -0.2) is 9.78 Å². The molecule has 0 spiro atoms. The number of carbonyl (C=O) groups is 3. The first-order valence-electron chi connectivity index (χ1n) is 15.3. The topological polar surface area (TPSA) is 178 Å². The zero-order chi connectivity index (χ0) is 33.3. The number of morpholine rings is 1. The number of esters is 1. The number of carbonyl (C=O) groups excluding carboxylic acids is 3. The van der Waals surface area contributed by atoms with Crippen LogP contribution in [0.3, 0.4) is 0 Å². The Morgan fingerprint density at radius 1 is 1.11 bits per heavy atom. The van der Waals surface area contributed by atoms with Crippen LogP contribution in [0.5, 0.6) is 5.75 Å². The van der Waals surface area contributed by atoms with Crippen LogP contribution in [0.15, 0.2) is 60.3 Å². The molecule has 47 heavy (non-hydrogen) atoms. The van der Waals surface area contributed by atoms with Crippen molar-refractivity contribution in [2.45, 2.75) is 12.8 Å². The molecule has 1 saturated carbocycles. The summed E-state index contributed by atoms with van der Waals surface area (Å²) < 4.78 is 16.7. The number of nitrogens with one attached hydrogen (secondary N) is 2. The fourth-order valence-electron chi connectivity index (χ4n) is 5.09. The van der Waals surface area contributed by atoms with E-state index >= 15 is 0 Å². The Hall–Kier alpha value is -5.27. The number of ether oxygens (including phenoxy) is 3. The zero-order valence-corrected chi connectivity index (χ0v) is 26.2. The van der Waals surface area contributed by atoms with Gasteiger partial charge in [-0.1, -0.05) is 17.8 Å². The highest BCUT2D eigenvalue weighted by molar-refractivity contribution is 6.11. The van der Waals surface area contributed by atoms with Gasteiger partial charge in [-0.2, -0.15) is 0 Å². The number of amides is 2. The summed E-state index contributed by atoms with van der Waals surface area (Å²) in [4.78, 5) is 47.1. The van der Waals surface area contributed by atoms with Crippen LogP contribution >= 0.6 is 0 Å². The molecule has 3 aromatic rings. The number of anilines is 1. The molecule has 0 bridgehead atoms. The molecule has 13 nitrogen and oxygen atoms in total. The van der Waals surface area contributed by atoms with E-state index < -0.39 is 17.8 Å². The highest BCUT2D eigenvalue weighted by Gasteiger charge is 2.26. The van der Waals surface area contributed by atoms with Crippen molar-refractivity contribution in [2.75, 3.05) is 58.4 Å². The number of pyridine rings is 1. The van der Waals surface area contributed by atoms with Gasteiger partial charge in [0.15, 0.2) is 11.5 Å². The van der Waals surface area contributed by atoms with Crippen molar-refractivity contribution in [2.24, 2.45) is 16.8 Å². The monoisotopic (exact) mass is 642 g/mol. The van der Waals surface area contributed by atoms with E-state index in [0.29, 0.717) is 60.3 Å². The first kappa shape index (κ1) is 33.1. The Balaban J connectivity index is 1.50. The maximum Gasteiger partial charge on any atom is 0.357 e. The third-order valence-corrected chi connectivity index (χ3v) is 7.98. The van der Waals surface area contributed by atoms with Crippen LogP contribution in [0.25, 0.3) is 17.2 Å². The molecule has 1 aliphatic carbocycles. The van der Waals surface area contributed by atoms with E-state index in [-0.39, 0.29) is 35.0 Å². The number of hydrogen-bond donors (Lipinski definition) is 4. The minimum Gasteiger partial charge on any atom is -0.496 e. The summed E-state index contributed by atoms with van der Waals surface area (Å²) in [6.45, 7) is 7.68. The van der Waals surface area contributed by atoms with Crippen LogP contribution in [0.4, 0.5) is 5.69 Å². The van der Waals surface area contributed by atoms with Gasteiger partial charge in [0.25, 0.3) is 11.8 Å². The molecule has 0 atom stereocenters. The average Bonchev–Trinajstić information content (AvgIpc) is 3.95. The van der Waals surface area contributed by atoms with Crippen molar-refractivity contribution < 1.29 is 33.8 Å². The maximum absolute atomic E-state index is 13.8. The number of rotatable bonds is 13. The fraction of sp³-hybridized carbons (Fsp3) is 0.324. The molecule has 1 saturated heterocycles. The predicted octanol–water partition coefficient (Wildman–Crippen LogP) is 3.38. The third kappa shape index (κ3) is 8.31. The quantitative estimate of drug-likeness (QED) is 0.0711. The second-order valence-corrected chi connectivity index (χ2v) is 11.2. The molecule has 1 aliphatic heterocycles. The molecule has 246 valence electrons. The van der Waals surface area contributed by atoms with Crippen molar-refractivity contribution in [3.05, 3.63) is 83.2 Å². The minimum absolute atomic E-state index is 0.0565. The number of hydrogen-bond acceptors (Lipinski definition) is 10. The SMILES string of the molecule is C=Cc1cc(C(=O)Nc2ccc(C(N)=NO)cc2)c(-c2ccc(C(=O)NCC3CC3)nc2C(=O)OCCN2CCOCC2)cc1OC. The van der Waals surface area contributed by atoms with E-state index in [9.17, 15) is 14.4 Å². The predicted molar refractivity (Wildman–Crippen MR) is 176 cm³/mol. The number of methoxy groups -OCH3 is 1. The number of nitrogens with zero attached hydrogens (tertiary/aromatic N) is 3. The van der Waals surface area contributed by atoms with Gasteiger partial charge in [-0.3, -0.25) is 14.5 Å². The van der Waals surface area contributed by atoms with E-state index in [0.717, 1.165) is 25.9 Å². The van der Waals surface area contributed by atoms with Gasteiger partial charge in [0, 0.05) is 59.7 Å². The Kier molecular flexibility index (Phi) is 10.8. The summed E-state index contributed by atoms with van der Waals surface area (Å²) in [5.74, 6) is -0.845. The molecule has 1 aromatic heterocycles. The number of oxime groups is 1. The lowest BCUT2D eigenvalue weighted by Crippen LogP contribution is -2.38. The Morgan fingerprint density at radius 3 is 2.51 bits per heavy atom. The summed E-state index contributed by atoms with van der Waals surface area (Å²) in [5, 5.41) is 17.7. The first-order chi connectivity index (χ1) is 22.8. The van der Waals surface area contributed by atoms with E-state index in [1.807, 2.05) is 0 Å². The first-order valence-corrected chi connectivity index (χ1v) is 15.3. The van der Waals surface area contributed by atoms with Gasteiger partial charge in [-0.05, 0) is 67.3 Å². The number of aromatic nitrogens is 1. The molecular formula is C34H38N6O7. The van der Waals surface area contributed by atoms with Crippen LogP contribution in [0, 0.1) is 5.92 Å². The molecule has 2 heterocycles. The largest absolute Gasteiger partial charge is 0.496 e. The molecule has 2 aliphatic rings. The van der Waals surface area contributed by atoms with Crippen molar-refractivity contribution >= 4 is 35.4 Å². The molecular weight excluding hydrogens is 604 g/mol. The fourth-order valence-corrected chi connectivity index (χ4v) is 5.09. The van der Waals surface area contributed by atoms with Crippen LogP contribution in [-0.4, -0.2) is 91.8 Å². The summed E-state index contributed by atoms with van der Waals surface area (Å²) in [6.07, 6.45) is 3.68. The second-order valence-electron chi connectivity index (χ2n) is 11.2. The molecule has 5 N–H and O–H groups in total. The summed E-state index contributed by atoms with van der Waals surface area (Å²) >= 11 is 0. The van der Waals surface area contributed by atoms with Crippen molar-refractivity contribution in [3.8, 4) is 16.9 Å². The summed E-state index contributed by atoms with van der Waals surface area (Å²) in [5.41, 5.74) is 7.86. The molecule has 0 radical (unpaired) electrons. The van der Waals surface area contributed by atoms with Crippen molar-refractivity contribution in [3.63, 3.8) is 0 Å². The number of benzene rings is 2. The highest BCUT2D eigenvalue weighted by atomic mass is 16.5. The molecule has 2 aromatic carbocycles. The minimum atomic E-state index is -0.734.